The van der Waals surface area contributed by atoms with E-state index in [0.717, 1.165) is 70.9 Å². The predicted molar refractivity (Wildman–Crippen MR) is 97.6 cm³/mol. The predicted octanol–water partition coefficient (Wildman–Crippen LogP) is 1.20. The molecule has 1 unspecified atom stereocenters. The fraction of sp³-hybridized carbons (Fsp3) is 0.684. The van der Waals surface area contributed by atoms with Crippen LogP contribution in [-0.2, 0) is 4.74 Å². The molecule has 6 heteroatoms. The number of carbonyl (C=O) groups excluding carboxylic acids is 1. The van der Waals surface area contributed by atoms with Gasteiger partial charge in [-0.25, -0.2) is 0 Å². The third-order valence-electron chi connectivity index (χ3n) is 5.26. The summed E-state index contributed by atoms with van der Waals surface area (Å²) < 4.78 is 5.96. The minimum absolute atomic E-state index is 0.0593. The molecule has 0 saturated carbocycles. The quantitative estimate of drug-likeness (QED) is 0.820. The van der Waals surface area contributed by atoms with Crippen molar-refractivity contribution in [2.24, 2.45) is 5.41 Å². The van der Waals surface area contributed by atoms with Crippen molar-refractivity contribution in [3.63, 3.8) is 0 Å². The molecule has 0 bridgehead atoms. The molecule has 0 aromatic carbocycles. The topological polar surface area (TPSA) is 48.9 Å². The van der Waals surface area contributed by atoms with Crippen LogP contribution in [0.2, 0.25) is 0 Å². The van der Waals surface area contributed by atoms with E-state index in [-0.39, 0.29) is 11.3 Å². The van der Waals surface area contributed by atoms with Gasteiger partial charge in [0.05, 0.1) is 13.2 Å². The number of carbonyl (C=O) groups is 1. The Morgan fingerprint density at radius 3 is 2.84 bits per heavy atom. The van der Waals surface area contributed by atoms with E-state index in [2.05, 4.69) is 28.9 Å². The maximum Gasteiger partial charge on any atom is 0.253 e. The van der Waals surface area contributed by atoms with Gasteiger partial charge < -0.3 is 14.5 Å². The van der Waals surface area contributed by atoms with Gasteiger partial charge in [0.1, 0.15) is 0 Å². The minimum Gasteiger partial charge on any atom is -0.379 e. The van der Waals surface area contributed by atoms with Crippen molar-refractivity contribution in [3.8, 4) is 0 Å². The second kappa shape index (κ2) is 8.25. The highest BCUT2D eigenvalue weighted by atomic mass is 16.5. The normalized spacial score (nSPS) is 25.3. The lowest BCUT2D eigenvalue weighted by Gasteiger charge is -2.43. The van der Waals surface area contributed by atoms with Crippen LogP contribution < -0.4 is 0 Å². The van der Waals surface area contributed by atoms with Gasteiger partial charge in [-0.2, -0.15) is 0 Å². The smallest absolute Gasteiger partial charge is 0.253 e. The summed E-state index contributed by atoms with van der Waals surface area (Å²) in [7, 11) is 4.22. The highest BCUT2D eigenvalue weighted by molar-refractivity contribution is 5.94. The van der Waals surface area contributed by atoms with Gasteiger partial charge in [0, 0.05) is 62.6 Å². The molecule has 6 nitrogen and oxygen atoms in total. The van der Waals surface area contributed by atoms with Crippen LogP contribution in [0.1, 0.15) is 23.2 Å². The first-order valence-electron chi connectivity index (χ1n) is 9.22. The summed E-state index contributed by atoms with van der Waals surface area (Å²) in [5.74, 6) is 0.116. The van der Waals surface area contributed by atoms with E-state index in [9.17, 15) is 4.79 Å². The summed E-state index contributed by atoms with van der Waals surface area (Å²) in [6, 6.07) is 3.60. The summed E-state index contributed by atoms with van der Waals surface area (Å²) in [5, 5.41) is 0. The molecular formula is C19H30N4O2. The SMILES string of the molecule is CN(C)CCN1CCOCC2(CCCN(C(=O)c3ccncc3)C2)C1. The molecule has 1 atom stereocenters. The summed E-state index contributed by atoms with van der Waals surface area (Å²) in [6.45, 7) is 7.26. The number of ether oxygens (including phenoxy) is 1. The minimum atomic E-state index is 0.0593. The molecule has 2 fully saturated rings. The molecule has 1 spiro atoms. The van der Waals surface area contributed by atoms with E-state index in [1.54, 1.807) is 24.5 Å². The summed E-state index contributed by atoms with van der Waals surface area (Å²) in [5.41, 5.74) is 0.787. The van der Waals surface area contributed by atoms with Gasteiger partial charge in [0.15, 0.2) is 0 Å². The van der Waals surface area contributed by atoms with Crippen molar-refractivity contribution in [1.29, 1.82) is 0 Å². The fourth-order valence-corrected chi connectivity index (χ4v) is 3.92. The number of piperidine rings is 1. The number of likely N-dealkylation sites (tertiary alicyclic amines) is 1. The lowest BCUT2D eigenvalue weighted by molar-refractivity contribution is 0.00716. The Labute approximate surface area is 150 Å². The monoisotopic (exact) mass is 346 g/mol. The van der Waals surface area contributed by atoms with Crippen LogP contribution in [0.15, 0.2) is 24.5 Å². The van der Waals surface area contributed by atoms with Gasteiger partial charge >= 0.3 is 0 Å². The van der Waals surface area contributed by atoms with Crippen molar-refractivity contribution in [3.05, 3.63) is 30.1 Å². The first-order chi connectivity index (χ1) is 12.1. The number of hydrogen-bond acceptors (Lipinski definition) is 5. The van der Waals surface area contributed by atoms with Crippen LogP contribution in [0.5, 0.6) is 0 Å². The van der Waals surface area contributed by atoms with Gasteiger partial charge in [-0.15, -0.1) is 0 Å². The maximum atomic E-state index is 12.8. The number of aromatic nitrogens is 1. The van der Waals surface area contributed by atoms with Gasteiger partial charge in [0.25, 0.3) is 5.91 Å². The first-order valence-corrected chi connectivity index (χ1v) is 9.22. The molecule has 3 rings (SSSR count). The number of nitrogens with zero attached hydrogens (tertiary/aromatic N) is 4. The number of rotatable bonds is 4. The Kier molecular flexibility index (Phi) is 6.04. The van der Waals surface area contributed by atoms with Gasteiger partial charge in [-0.1, -0.05) is 0 Å². The summed E-state index contributed by atoms with van der Waals surface area (Å²) in [4.78, 5) is 23.6. The molecule has 1 amide bonds. The average Bonchev–Trinajstić information content (AvgIpc) is 2.82. The van der Waals surface area contributed by atoms with E-state index in [1.165, 1.54) is 0 Å². The molecule has 1 aromatic rings. The van der Waals surface area contributed by atoms with Crippen LogP contribution in [0.3, 0.4) is 0 Å². The molecule has 138 valence electrons. The van der Waals surface area contributed by atoms with Crippen LogP contribution in [0.4, 0.5) is 0 Å². The van der Waals surface area contributed by atoms with Crippen molar-refractivity contribution in [1.82, 2.24) is 19.7 Å². The molecule has 1 aromatic heterocycles. The third-order valence-corrected chi connectivity index (χ3v) is 5.26. The van der Waals surface area contributed by atoms with E-state index >= 15 is 0 Å². The molecule has 2 aliphatic heterocycles. The molecule has 2 saturated heterocycles. The standard InChI is InChI=1S/C19H30N4O2/c1-21(2)10-11-22-12-13-25-16-19(14-22)6-3-9-23(15-19)18(24)17-4-7-20-8-5-17/h4-5,7-8H,3,6,9-16H2,1-2H3. The van der Waals surface area contributed by atoms with E-state index in [4.69, 9.17) is 4.74 Å². The van der Waals surface area contributed by atoms with Crippen molar-refractivity contribution >= 4 is 5.91 Å². The van der Waals surface area contributed by atoms with Crippen LogP contribution in [0, 0.1) is 5.41 Å². The van der Waals surface area contributed by atoms with E-state index in [1.807, 2.05) is 4.90 Å². The largest absolute Gasteiger partial charge is 0.379 e. The zero-order valence-electron chi connectivity index (χ0n) is 15.5. The Morgan fingerprint density at radius 2 is 2.08 bits per heavy atom. The molecule has 25 heavy (non-hydrogen) atoms. The lowest BCUT2D eigenvalue weighted by Crippen LogP contribution is -2.52. The molecule has 3 heterocycles. The second-order valence-electron chi connectivity index (χ2n) is 7.70. The van der Waals surface area contributed by atoms with Gasteiger partial charge in [0.2, 0.25) is 0 Å². The first kappa shape index (κ1) is 18.3. The van der Waals surface area contributed by atoms with Crippen LogP contribution >= 0.6 is 0 Å². The lowest BCUT2D eigenvalue weighted by atomic mass is 9.80. The highest BCUT2D eigenvalue weighted by Gasteiger charge is 2.40. The zero-order valence-corrected chi connectivity index (χ0v) is 15.5. The summed E-state index contributed by atoms with van der Waals surface area (Å²) in [6.07, 6.45) is 5.54. The molecule has 0 radical (unpaired) electrons. The van der Waals surface area contributed by atoms with Crippen molar-refractivity contribution in [2.45, 2.75) is 12.8 Å². The Balaban J connectivity index is 1.68. The van der Waals surface area contributed by atoms with Gasteiger partial charge in [-0.05, 0) is 39.1 Å². The Hall–Kier alpha value is -1.50. The summed E-state index contributed by atoms with van der Waals surface area (Å²) >= 11 is 0. The number of hydrogen-bond donors (Lipinski definition) is 0. The number of pyridine rings is 1. The van der Waals surface area contributed by atoms with Crippen molar-refractivity contribution in [2.75, 3.05) is 66.6 Å². The molecule has 0 aliphatic carbocycles. The van der Waals surface area contributed by atoms with E-state index in [0.29, 0.717) is 0 Å². The second-order valence-corrected chi connectivity index (χ2v) is 7.70. The maximum absolute atomic E-state index is 12.8. The number of likely N-dealkylation sites (N-methyl/N-ethyl adjacent to an activating group) is 1. The van der Waals surface area contributed by atoms with Gasteiger partial charge in [-0.3, -0.25) is 14.7 Å². The van der Waals surface area contributed by atoms with E-state index < -0.39 is 0 Å². The Bertz CT molecular complexity index is 566. The molecule has 0 N–H and O–H groups in total. The highest BCUT2D eigenvalue weighted by Crippen LogP contribution is 2.33. The number of amides is 1. The molecule has 2 aliphatic rings. The molecular weight excluding hydrogens is 316 g/mol. The fourth-order valence-electron chi connectivity index (χ4n) is 3.92. The van der Waals surface area contributed by atoms with Crippen LogP contribution in [0.25, 0.3) is 0 Å². The van der Waals surface area contributed by atoms with Crippen molar-refractivity contribution < 1.29 is 9.53 Å². The third kappa shape index (κ3) is 4.77. The Morgan fingerprint density at radius 1 is 1.28 bits per heavy atom. The zero-order chi connectivity index (χ0) is 17.7. The average molecular weight is 346 g/mol. The van der Waals surface area contributed by atoms with Crippen LogP contribution in [-0.4, -0.2) is 92.2 Å².